The second-order valence-electron chi connectivity index (χ2n) is 9.15. The molecule has 0 N–H and O–H groups in total. The van der Waals surface area contributed by atoms with Gasteiger partial charge in [0, 0.05) is 39.0 Å². The smallest absolute Gasteiger partial charge is 0.222 e. The van der Waals surface area contributed by atoms with Gasteiger partial charge in [-0.05, 0) is 25.7 Å². The molecule has 136 valence electrons. The number of fused-ring (bicyclic) bond motifs is 2. The first-order valence-electron chi connectivity index (χ1n) is 9.07. The van der Waals surface area contributed by atoms with Crippen LogP contribution in [0.2, 0.25) is 0 Å². The third-order valence-electron chi connectivity index (χ3n) is 5.13. The topological polar surface area (TPSA) is 57.7 Å². The molecule has 0 unspecified atom stereocenters. The Bertz CT molecular complexity index is 481. The first-order chi connectivity index (χ1) is 11.0. The van der Waals surface area contributed by atoms with Crippen LogP contribution in [0.3, 0.4) is 0 Å². The molecule has 5 heteroatoms. The molecule has 5 nitrogen and oxygen atoms in total. The van der Waals surface area contributed by atoms with Crippen LogP contribution < -0.4 is 0 Å². The third-order valence-corrected chi connectivity index (χ3v) is 5.13. The van der Waals surface area contributed by atoms with Crippen molar-refractivity contribution < 1.29 is 14.4 Å². The van der Waals surface area contributed by atoms with E-state index in [4.69, 9.17) is 0 Å². The zero-order chi connectivity index (χ0) is 18.3. The lowest BCUT2D eigenvalue weighted by molar-refractivity contribution is -0.166. The van der Waals surface area contributed by atoms with Crippen LogP contribution in [0.1, 0.15) is 54.4 Å². The fourth-order valence-electron chi connectivity index (χ4n) is 4.22. The van der Waals surface area contributed by atoms with E-state index in [-0.39, 0.29) is 17.6 Å². The number of hydrogen-bond acceptors (Lipinski definition) is 3. The number of piperidine rings is 2. The molecule has 2 amide bonds. The van der Waals surface area contributed by atoms with Crippen molar-refractivity contribution in [1.82, 2.24) is 9.80 Å². The fraction of sp³-hybridized carbons (Fsp3) is 0.842. The van der Waals surface area contributed by atoms with Crippen LogP contribution in [-0.4, -0.2) is 53.6 Å². The SMILES string of the molecule is CC(C)CC(=O)N1CC2(C)CN(C(=O)CC(C)C)CC(C)(C1)C2=O. The molecule has 0 radical (unpaired) electrons. The zero-order valence-electron chi connectivity index (χ0n) is 16.0. The molecule has 2 aliphatic heterocycles. The molecule has 0 aromatic carbocycles. The quantitative estimate of drug-likeness (QED) is 0.792. The summed E-state index contributed by atoms with van der Waals surface area (Å²) in [6, 6.07) is 0. The summed E-state index contributed by atoms with van der Waals surface area (Å²) in [6.45, 7) is 13.7. The number of nitrogens with zero attached hydrogens (tertiary/aromatic N) is 2. The molecule has 2 saturated heterocycles. The molecule has 2 aliphatic rings. The van der Waals surface area contributed by atoms with E-state index < -0.39 is 10.8 Å². The maximum atomic E-state index is 13.0. The highest BCUT2D eigenvalue weighted by molar-refractivity contribution is 5.95. The van der Waals surface area contributed by atoms with Crippen LogP contribution >= 0.6 is 0 Å². The Kier molecular flexibility index (Phi) is 5.12. The molecule has 0 saturated carbocycles. The minimum absolute atomic E-state index is 0.122. The molecule has 0 aromatic rings. The average molecular weight is 336 g/mol. The molecule has 2 heterocycles. The summed E-state index contributed by atoms with van der Waals surface area (Å²) in [5, 5.41) is 0. The van der Waals surface area contributed by atoms with E-state index in [2.05, 4.69) is 0 Å². The number of hydrogen-bond donors (Lipinski definition) is 0. The Labute approximate surface area is 145 Å². The highest BCUT2D eigenvalue weighted by Crippen LogP contribution is 2.42. The molecule has 0 spiro atoms. The summed E-state index contributed by atoms with van der Waals surface area (Å²) in [6.07, 6.45) is 1.02. The van der Waals surface area contributed by atoms with Gasteiger partial charge in [0.05, 0.1) is 10.8 Å². The van der Waals surface area contributed by atoms with Crippen molar-refractivity contribution in [2.45, 2.75) is 54.4 Å². The molecule has 24 heavy (non-hydrogen) atoms. The lowest BCUT2D eigenvalue weighted by Gasteiger charge is -2.55. The summed E-state index contributed by atoms with van der Waals surface area (Å²) >= 11 is 0. The van der Waals surface area contributed by atoms with Crippen molar-refractivity contribution in [2.75, 3.05) is 26.2 Å². The Morgan fingerprint density at radius 3 is 1.38 bits per heavy atom. The molecular weight excluding hydrogens is 304 g/mol. The standard InChI is InChI=1S/C19H32N2O3/c1-13(2)7-15(22)20-9-18(5)11-21(16(23)8-14(3)4)12-19(6,10-20)17(18)24/h13-14H,7-12H2,1-6H3. The van der Waals surface area contributed by atoms with Gasteiger partial charge in [-0.3, -0.25) is 14.4 Å². The zero-order valence-corrected chi connectivity index (χ0v) is 16.0. The van der Waals surface area contributed by atoms with E-state index in [0.717, 1.165) is 0 Å². The summed E-state index contributed by atoms with van der Waals surface area (Å²) < 4.78 is 0. The van der Waals surface area contributed by atoms with Gasteiger partial charge in [-0.2, -0.15) is 0 Å². The normalized spacial score (nSPS) is 30.2. The summed E-state index contributed by atoms with van der Waals surface area (Å²) in [4.78, 5) is 41.7. The summed E-state index contributed by atoms with van der Waals surface area (Å²) in [5.74, 6) is 1.06. The van der Waals surface area contributed by atoms with Crippen LogP contribution in [0.15, 0.2) is 0 Å². The number of ketones is 1. The monoisotopic (exact) mass is 336 g/mol. The lowest BCUT2D eigenvalue weighted by atomic mass is 9.64. The lowest BCUT2D eigenvalue weighted by Crippen LogP contribution is -2.69. The largest absolute Gasteiger partial charge is 0.341 e. The van der Waals surface area contributed by atoms with E-state index in [9.17, 15) is 14.4 Å². The number of rotatable bonds is 4. The van der Waals surface area contributed by atoms with Crippen molar-refractivity contribution in [1.29, 1.82) is 0 Å². The van der Waals surface area contributed by atoms with Gasteiger partial charge in [-0.1, -0.05) is 27.7 Å². The van der Waals surface area contributed by atoms with Crippen molar-refractivity contribution in [3.8, 4) is 0 Å². The highest BCUT2D eigenvalue weighted by atomic mass is 16.2. The summed E-state index contributed by atoms with van der Waals surface area (Å²) in [7, 11) is 0. The van der Waals surface area contributed by atoms with E-state index in [1.165, 1.54) is 0 Å². The maximum absolute atomic E-state index is 13.0. The van der Waals surface area contributed by atoms with Crippen LogP contribution in [-0.2, 0) is 14.4 Å². The van der Waals surface area contributed by atoms with Crippen LogP contribution in [0.5, 0.6) is 0 Å². The number of amides is 2. The van der Waals surface area contributed by atoms with Crippen molar-refractivity contribution in [3.05, 3.63) is 0 Å². The van der Waals surface area contributed by atoms with Crippen LogP contribution in [0.4, 0.5) is 0 Å². The van der Waals surface area contributed by atoms with Crippen LogP contribution in [0.25, 0.3) is 0 Å². The Morgan fingerprint density at radius 2 is 1.12 bits per heavy atom. The number of carbonyl (C=O) groups excluding carboxylic acids is 3. The van der Waals surface area contributed by atoms with E-state index >= 15 is 0 Å². The minimum Gasteiger partial charge on any atom is -0.341 e. The first-order valence-corrected chi connectivity index (χ1v) is 9.07. The van der Waals surface area contributed by atoms with E-state index in [1.54, 1.807) is 0 Å². The number of likely N-dealkylation sites (tertiary alicyclic amines) is 2. The van der Waals surface area contributed by atoms with E-state index in [1.807, 2.05) is 51.3 Å². The van der Waals surface area contributed by atoms with Crippen molar-refractivity contribution in [3.63, 3.8) is 0 Å². The van der Waals surface area contributed by atoms with Crippen LogP contribution in [0, 0.1) is 22.7 Å². The Morgan fingerprint density at radius 1 is 0.833 bits per heavy atom. The van der Waals surface area contributed by atoms with Gasteiger partial charge in [0.15, 0.2) is 5.78 Å². The molecular formula is C19H32N2O3. The van der Waals surface area contributed by atoms with Gasteiger partial charge in [-0.25, -0.2) is 0 Å². The fourth-order valence-corrected chi connectivity index (χ4v) is 4.22. The van der Waals surface area contributed by atoms with Gasteiger partial charge in [0.2, 0.25) is 11.8 Å². The van der Waals surface area contributed by atoms with Gasteiger partial charge < -0.3 is 9.80 Å². The maximum Gasteiger partial charge on any atom is 0.222 e. The molecule has 2 rings (SSSR count). The molecule has 2 bridgehead atoms. The average Bonchev–Trinajstić information content (AvgIpc) is 2.40. The van der Waals surface area contributed by atoms with Gasteiger partial charge in [0.1, 0.15) is 0 Å². The molecule has 0 aliphatic carbocycles. The molecule has 0 aromatic heterocycles. The second-order valence-corrected chi connectivity index (χ2v) is 9.15. The van der Waals surface area contributed by atoms with Crippen molar-refractivity contribution >= 4 is 17.6 Å². The Balaban J connectivity index is 2.21. The first kappa shape index (κ1) is 18.9. The minimum atomic E-state index is -0.648. The third kappa shape index (κ3) is 3.65. The predicted octanol–water partition coefficient (Wildman–Crippen LogP) is 2.34. The Hall–Kier alpha value is -1.39. The van der Waals surface area contributed by atoms with Crippen molar-refractivity contribution in [2.24, 2.45) is 22.7 Å². The van der Waals surface area contributed by atoms with Gasteiger partial charge >= 0.3 is 0 Å². The molecule has 2 fully saturated rings. The van der Waals surface area contributed by atoms with Gasteiger partial charge in [0.25, 0.3) is 0 Å². The number of Topliss-reactive ketones (excluding diaryl/α,β-unsaturated/α-hetero) is 1. The summed E-state index contributed by atoms with van der Waals surface area (Å²) in [5.41, 5.74) is -1.30. The second kappa shape index (κ2) is 6.49. The predicted molar refractivity (Wildman–Crippen MR) is 93.3 cm³/mol. The van der Waals surface area contributed by atoms with E-state index in [0.29, 0.717) is 50.9 Å². The highest BCUT2D eigenvalue weighted by Gasteiger charge is 2.57. The number of carbonyl (C=O) groups is 3. The van der Waals surface area contributed by atoms with Gasteiger partial charge in [-0.15, -0.1) is 0 Å². The molecule has 0 atom stereocenters.